The van der Waals surface area contributed by atoms with Gasteiger partial charge in [-0.1, -0.05) is 6.58 Å². The second-order valence-electron chi connectivity index (χ2n) is 5.83. The minimum atomic E-state index is -1.96. The van der Waals surface area contributed by atoms with Crippen LogP contribution in [0.15, 0.2) is 12.2 Å². The normalized spacial score (nSPS) is 12.5. The van der Waals surface area contributed by atoms with Crippen LogP contribution in [0.3, 0.4) is 0 Å². The first-order valence-electron chi connectivity index (χ1n) is 6.61. The number of rotatable bonds is 10. The van der Waals surface area contributed by atoms with Gasteiger partial charge < -0.3 is 13.3 Å². The van der Waals surface area contributed by atoms with Crippen LogP contribution in [0.4, 0.5) is 0 Å². The van der Waals surface area contributed by atoms with Crippen molar-refractivity contribution in [2.75, 3.05) is 20.3 Å². The lowest BCUT2D eigenvalue weighted by Gasteiger charge is -2.32. The third kappa shape index (κ3) is 9.29. The fraction of sp³-hybridized carbons (Fsp3) is 0.769. The molecule has 6 heteroatoms. The van der Waals surface area contributed by atoms with Crippen molar-refractivity contribution < 1.29 is 18.1 Å². The second-order valence-corrected chi connectivity index (χ2v) is 13.9. The molecule has 0 saturated heterocycles. The summed E-state index contributed by atoms with van der Waals surface area (Å²) in [5.74, 6) is -0.0271. The molecule has 0 radical (unpaired) electrons. The minimum Gasteiger partial charge on any atom is -0.436 e. The van der Waals surface area contributed by atoms with Gasteiger partial charge in [-0.25, -0.2) is 0 Å². The summed E-state index contributed by atoms with van der Waals surface area (Å²) in [6.45, 7) is 14.5. The molecule has 0 aliphatic heterocycles. The number of carbonyl (C=O) groups is 1. The van der Waals surface area contributed by atoms with Crippen molar-refractivity contribution in [3.8, 4) is 0 Å². The van der Waals surface area contributed by atoms with Crippen LogP contribution in [0.25, 0.3) is 0 Å². The quantitative estimate of drug-likeness (QED) is 0.353. The van der Waals surface area contributed by atoms with Gasteiger partial charge in [0, 0.05) is 13.7 Å². The average molecular weight is 305 g/mol. The summed E-state index contributed by atoms with van der Waals surface area (Å²) < 4.78 is 16.9. The molecule has 0 bridgehead atoms. The zero-order chi connectivity index (χ0) is 15.1. The van der Waals surface area contributed by atoms with E-state index in [1.54, 1.807) is 14.0 Å². The van der Waals surface area contributed by atoms with Crippen LogP contribution < -0.4 is 0 Å². The zero-order valence-electron chi connectivity index (χ0n) is 13.2. The minimum absolute atomic E-state index is 0.0271. The van der Waals surface area contributed by atoms with Crippen LogP contribution in [0.5, 0.6) is 0 Å². The summed E-state index contributed by atoms with van der Waals surface area (Å²) >= 11 is 0. The van der Waals surface area contributed by atoms with Crippen LogP contribution in [-0.4, -0.2) is 43.0 Å². The Balaban J connectivity index is 3.87. The molecule has 112 valence electrons. The van der Waals surface area contributed by atoms with Gasteiger partial charge in [-0.2, -0.15) is 0 Å². The lowest BCUT2D eigenvalue weighted by Crippen LogP contribution is -2.45. The third-order valence-electron chi connectivity index (χ3n) is 2.79. The fourth-order valence-electron chi connectivity index (χ4n) is 1.65. The maximum atomic E-state index is 11.3. The van der Waals surface area contributed by atoms with Crippen LogP contribution in [-0.2, 0) is 18.1 Å². The van der Waals surface area contributed by atoms with E-state index in [9.17, 15) is 4.79 Å². The number of hydrogen-bond donors (Lipinski definition) is 0. The van der Waals surface area contributed by atoms with Crippen molar-refractivity contribution in [2.24, 2.45) is 0 Å². The van der Waals surface area contributed by atoms with Gasteiger partial charge in [0.2, 0.25) is 0 Å². The SMILES string of the molecule is C=C(C)C(=O)COCCC[Si](C)(C)O[Si](C)(C)OC. The smallest absolute Gasteiger partial charge is 0.321 e. The van der Waals surface area contributed by atoms with E-state index in [0.29, 0.717) is 12.2 Å². The topological polar surface area (TPSA) is 44.8 Å². The molecule has 0 aromatic heterocycles. The Morgan fingerprint density at radius 1 is 1.21 bits per heavy atom. The maximum absolute atomic E-state index is 11.3. The van der Waals surface area contributed by atoms with Crippen LogP contribution in [0, 0.1) is 0 Å². The number of carbonyl (C=O) groups excluding carboxylic acids is 1. The van der Waals surface area contributed by atoms with Gasteiger partial charge in [-0.15, -0.1) is 0 Å². The number of ketones is 1. The lowest BCUT2D eigenvalue weighted by molar-refractivity contribution is -0.119. The molecule has 0 saturated carbocycles. The van der Waals surface area contributed by atoms with E-state index in [0.717, 1.165) is 12.5 Å². The van der Waals surface area contributed by atoms with E-state index in [4.69, 9.17) is 13.3 Å². The molecular weight excluding hydrogens is 276 g/mol. The summed E-state index contributed by atoms with van der Waals surface area (Å²) in [5, 5.41) is 0. The van der Waals surface area contributed by atoms with Gasteiger partial charge >= 0.3 is 8.56 Å². The summed E-state index contributed by atoms with van der Waals surface area (Å²) in [5.41, 5.74) is 0.547. The van der Waals surface area contributed by atoms with E-state index in [1.165, 1.54) is 0 Å². The van der Waals surface area contributed by atoms with Gasteiger partial charge in [0.05, 0.1) is 0 Å². The molecule has 0 N–H and O–H groups in total. The maximum Gasteiger partial charge on any atom is 0.321 e. The molecule has 0 aliphatic carbocycles. The largest absolute Gasteiger partial charge is 0.436 e. The molecule has 0 amide bonds. The first-order valence-corrected chi connectivity index (χ1v) is 12.5. The van der Waals surface area contributed by atoms with E-state index in [2.05, 4.69) is 32.8 Å². The Morgan fingerprint density at radius 3 is 2.26 bits per heavy atom. The van der Waals surface area contributed by atoms with Crippen molar-refractivity contribution in [1.29, 1.82) is 0 Å². The fourth-order valence-corrected chi connectivity index (χ4v) is 8.71. The Labute approximate surface area is 119 Å². The van der Waals surface area contributed by atoms with Gasteiger partial charge in [0.25, 0.3) is 0 Å². The van der Waals surface area contributed by atoms with Crippen molar-refractivity contribution in [1.82, 2.24) is 0 Å². The Hall–Kier alpha value is -0.276. The van der Waals surface area contributed by atoms with Crippen LogP contribution in [0.2, 0.25) is 32.2 Å². The standard InChI is InChI=1S/C13H28O4Si2/c1-12(2)13(14)11-16-9-8-10-18(4,5)17-19(6,7)15-3/h1,8-11H2,2-7H3. The molecule has 19 heavy (non-hydrogen) atoms. The molecule has 0 rings (SSSR count). The molecule has 0 unspecified atom stereocenters. The van der Waals surface area contributed by atoms with Crippen molar-refractivity contribution in [3.05, 3.63) is 12.2 Å². The van der Waals surface area contributed by atoms with Crippen LogP contribution in [0.1, 0.15) is 13.3 Å². The highest BCUT2D eigenvalue weighted by Gasteiger charge is 2.33. The summed E-state index contributed by atoms with van der Waals surface area (Å²) in [6, 6.07) is 1.01. The van der Waals surface area contributed by atoms with E-state index in [-0.39, 0.29) is 12.4 Å². The van der Waals surface area contributed by atoms with Gasteiger partial charge in [-0.05, 0) is 51.1 Å². The third-order valence-corrected chi connectivity index (χ3v) is 9.51. The second kappa shape index (κ2) is 8.11. The number of hydrogen-bond acceptors (Lipinski definition) is 4. The number of ether oxygens (including phenoxy) is 1. The Kier molecular flexibility index (Phi) is 7.99. The molecule has 0 fully saturated rings. The van der Waals surface area contributed by atoms with Crippen molar-refractivity contribution >= 4 is 22.7 Å². The first-order chi connectivity index (χ1) is 8.59. The van der Waals surface area contributed by atoms with Crippen molar-refractivity contribution in [3.63, 3.8) is 0 Å². The first kappa shape index (κ1) is 18.7. The zero-order valence-corrected chi connectivity index (χ0v) is 15.2. The number of Topliss-reactive ketones (excluding diaryl/α,β-unsaturated/α-hetero) is 1. The molecular formula is C13H28O4Si2. The monoisotopic (exact) mass is 304 g/mol. The molecule has 0 aromatic rings. The highest BCUT2D eigenvalue weighted by Crippen LogP contribution is 2.20. The molecule has 4 nitrogen and oxygen atoms in total. The highest BCUT2D eigenvalue weighted by molar-refractivity contribution is 6.82. The molecule has 0 atom stereocenters. The average Bonchev–Trinajstić information content (AvgIpc) is 2.26. The van der Waals surface area contributed by atoms with E-state index in [1.807, 2.05) is 0 Å². The predicted molar refractivity (Wildman–Crippen MR) is 83.1 cm³/mol. The van der Waals surface area contributed by atoms with Gasteiger partial charge in [0.1, 0.15) is 6.61 Å². The summed E-state index contributed by atoms with van der Waals surface area (Å²) in [6.07, 6.45) is 0.914. The summed E-state index contributed by atoms with van der Waals surface area (Å²) in [7, 11) is -1.95. The summed E-state index contributed by atoms with van der Waals surface area (Å²) in [4.78, 5) is 11.3. The Bertz CT molecular complexity index is 314. The van der Waals surface area contributed by atoms with Crippen molar-refractivity contribution in [2.45, 2.75) is 45.6 Å². The van der Waals surface area contributed by atoms with Gasteiger partial charge in [-0.3, -0.25) is 4.79 Å². The molecule has 0 aromatic carbocycles. The molecule has 0 heterocycles. The molecule has 0 spiro atoms. The molecule has 0 aliphatic rings. The highest BCUT2D eigenvalue weighted by atomic mass is 28.4. The Morgan fingerprint density at radius 2 is 1.79 bits per heavy atom. The van der Waals surface area contributed by atoms with E-state index >= 15 is 0 Å². The predicted octanol–water partition coefficient (Wildman–Crippen LogP) is 3.11. The van der Waals surface area contributed by atoms with Gasteiger partial charge in [0.15, 0.2) is 14.1 Å². The van der Waals surface area contributed by atoms with E-state index < -0.39 is 16.9 Å². The van der Waals surface area contributed by atoms with Crippen LogP contribution >= 0.6 is 0 Å². The lowest BCUT2D eigenvalue weighted by atomic mass is 10.2.